The van der Waals surface area contributed by atoms with Crippen molar-refractivity contribution in [2.75, 3.05) is 26.2 Å². The van der Waals surface area contributed by atoms with E-state index in [0.717, 1.165) is 38.8 Å². The summed E-state index contributed by atoms with van der Waals surface area (Å²) in [5.41, 5.74) is -0.0236. The third-order valence-electron chi connectivity index (χ3n) is 5.99. The lowest BCUT2D eigenvalue weighted by Crippen LogP contribution is -2.58. The van der Waals surface area contributed by atoms with E-state index in [0.29, 0.717) is 24.4 Å². The number of amides is 2. The SMILES string of the molecule is Cc1occc1C(=O)NC1CCN(C(=O)C2(n3cccn3)CCNCC2)CC1. The van der Waals surface area contributed by atoms with Crippen LogP contribution in [0.5, 0.6) is 0 Å². The van der Waals surface area contributed by atoms with Crippen LogP contribution in [0.4, 0.5) is 0 Å². The number of furan rings is 1. The van der Waals surface area contributed by atoms with Crippen molar-refractivity contribution in [1.29, 1.82) is 0 Å². The fourth-order valence-electron chi connectivity index (χ4n) is 4.31. The van der Waals surface area contributed by atoms with E-state index in [1.165, 1.54) is 6.26 Å². The van der Waals surface area contributed by atoms with E-state index in [4.69, 9.17) is 4.42 Å². The average molecular weight is 385 g/mol. The van der Waals surface area contributed by atoms with Crippen LogP contribution in [0.3, 0.4) is 0 Å². The predicted octanol–water partition coefficient (Wildman–Crippen LogP) is 1.28. The summed E-state index contributed by atoms with van der Waals surface area (Å²) in [5, 5.41) is 10.8. The van der Waals surface area contributed by atoms with Crippen LogP contribution in [0.15, 0.2) is 35.2 Å². The van der Waals surface area contributed by atoms with Crippen molar-refractivity contribution in [3.05, 3.63) is 42.1 Å². The van der Waals surface area contributed by atoms with Gasteiger partial charge >= 0.3 is 0 Å². The molecule has 0 unspecified atom stereocenters. The van der Waals surface area contributed by atoms with Gasteiger partial charge in [0.1, 0.15) is 11.3 Å². The van der Waals surface area contributed by atoms with Gasteiger partial charge in [0.25, 0.3) is 11.8 Å². The maximum absolute atomic E-state index is 13.5. The number of hydrogen-bond acceptors (Lipinski definition) is 5. The number of piperidine rings is 2. The second kappa shape index (κ2) is 7.79. The van der Waals surface area contributed by atoms with Crippen LogP contribution >= 0.6 is 0 Å². The molecule has 2 saturated heterocycles. The van der Waals surface area contributed by atoms with E-state index in [2.05, 4.69) is 15.7 Å². The maximum atomic E-state index is 13.5. The maximum Gasteiger partial charge on any atom is 0.255 e. The lowest BCUT2D eigenvalue weighted by molar-refractivity contribution is -0.144. The summed E-state index contributed by atoms with van der Waals surface area (Å²) in [6.07, 6.45) is 8.14. The zero-order valence-corrected chi connectivity index (χ0v) is 16.2. The fourth-order valence-corrected chi connectivity index (χ4v) is 4.31. The van der Waals surface area contributed by atoms with Gasteiger partial charge in [0.05, 0.1) is 11.8 Å². The van der Waals surface area contributed by atoms with Crippen molar-refractivity contribution in [3.8, 4) is 0 Å². The largest absolute Gasteiger partial charge is 0.469 e. The van der Waals surface area contributed by atoms with E-state index < -0.39 is 5.54 Å². The number of aryl methyl sites for hydroxylation is 1. The minimum absolute atomic E-state index is 0.0690. The van der Waals surface area contributed by atoms with Gasteiger partial charge in [-0.05, 0) is 57.8 Å². The molecule has 0 saturated carbocycles. The van der Waals surface area contributed by atoms with Gasteiger partial charge in [-0.25, -0.2) is 0 Å². The Labute approximate surface area is 164 Å². The Morgan fingerprint density at radius 2 is 2.04 bits per heavy atom. The van der Waals surface area contributed by atoms with Crippen LogP contribution in [0.25, 0.3) is 0 Å². The third kappa shape index (κ3) is 3.44. The van der Waals surface area contributed by atoms with E-state index >= 15 is 0 Å². The molecule has 2 amide bonds. The summed E-state index contributed by atoms with van der Waals surface area (Å²) in [4.78, 5) is 27.8. The van der Waals surface area contributed by atoms with Gasteiger partial charge in [0.2, 0.25) is 0 Å². The molecular formula is C20H27N5O3. The third-order valence-corrected chi connectivity index (χ3v) is 5.99. The molecule has 2 aromatic heterocycles. The first-order valence-corrected chi connectivity index (χ1v) is 9.95. The topological polar surface area (TPSA) is 92.4 Å². The first-order chi connectivity index (χ1) is 13.6. The summed E-state index contributed by atoms with van der Waals surface area (Å²) in [6.45, 7) is 4.68. The Morgan fingerprint density at radius 1 is 1.29 bits per heavy atom. The molecule has 0 spiro atoms. The van der Waals surface area contributed by atoms with E-state index in [-0.39, 0.29) is 17.9 Å². The normalized spacial score (nSPS) is 20.1. The van der Waals surface area contributed by atoms with Gasteiger partial charge in [-0.1, -0.05) is 0 Å². The molecule has 2 aliphatic heterocycles. The Kier molecular flexibility index (Phi) is 5.21. The van der Waals surface area contributed by atoms with Gasteiger partial charge in [0.15, 0.2) is 0 Å². The van der Waals surface area contributed by atoms with Crippen LogP contribution in [0, 0.1) is 6.92 Å². The molecule has 4 rings (SSSR count). The molecule has 0 radical (unpaired) electrons. The molecule has 150 valence electrons. The van der Waals surface area contributed by atoms with Crippen molar-refractivity contribution in [2.24, 2.45) is 0 Å². The quantitative estimate of drug-likeness (QED) is 0.827. The second-order valence-corrected chi connectivity index (χ2v) is 7.66. The molecular weight excluding hydrogens is 358 g/mol. The summed E-state index contributed by atoms with van der Waals surface area (Å²) < 4.78 is 7.05. The molecule has 8 nitrogen and oxygen atoms in total. The smallest absolute Gasteiger partial charge is 0.255 e. The molecule has 2 aliphatic rings. The number of aromatic nitrogens is 2. The summed E-state index contributed by atoms with van der Waals surface area (Å²) in [7, 11) is 0. The van der Waals surface area contributed by atoms with Crippen LogP contribution in [-0.2, 0) is 10.3 Å². The van der Waals surface area contributed by atoms with Gasteiger partial charge in [-0.2, -0.15) is 5.10 Å². The van der Waals surface area contributed by atoms with Crippen LogP contribution < -0.4 is 10.6 Å². The van der Waals surface area contributed by atoms with Crippen LogP contribution in [0.2, 0.25) is 0 Å². The molecule has 0 bridgehead atoms. The minimum atomic E-state index is -0.598. The highest BCUT2D eigenvalue weighted by Gasteiger charge is 2.45. The zero-order valence-electron chi connectivity index (χ0n) is 16.2. The second-order valence-electron chi connectivity index (χ2n) is 7.66. The Hall–Kier alpha value is -2.61. The average Bonchev–Trinajstić information content (AvgIpc) is 3.40. The summed E-state index contributed by atoms with van der Waals surface area (Å²) >= 11 is 0. The number of rotatable bonds is 4. The van der Waals surface area contributed by atoms with Crippen molar-refractivity contribution < 1.29 is 14.0 Å². The predicted molar refractivity (Wildman–Crippen MR) is 103 cm³/mol. The van der Waals surface area contributed by atoms with Gasteiger partial charge in [-0.3, -0.25) is 14.3 Å². The van der Waals surface area contributed by atoms with Gasteiger partial charge < -0.3 is 20.0 Å². The summed E-state index contributed by atoms with van der Waals surface area (Å²) in [5.74, 6) is 0.660. The molecule has 0 atom stereocenters. The first-order valence-electron chi connectivity index (χ1n) is 9.95. The van der Waals surface area contributed by atoms with Crippen molar-refractivity contribution in [3.63, 3.8) is 0 Å². The molecule has 2 aromatic rings. The molecule has 4 heterocycles. The van der Waals surface area contributed by atoms with Crippen molar-refractivity contribution in [1.82, 2.24) is 25.3 Å². The molecule has 2 N–H and O–H groups in total. The Balaban J connectivity index is 1.39. The number of nitrogens with zero attached hydrogens (tertiary/aromatic N) is 3. The number of carbonyl (C=O) groups is 2. The molecule has 8 heteroatoms. The Bertz CT molecular complexity index is 815. The first kappa shape index (κ1) is 18.7. The monoisotopic (exact) mass is 385 g/mol. The highest BCUT2D eigenvalue weighted by molar-refractivity contribution is 5.95. The number of hydrogen-bond donors (Lipinski definition) is 2. The van der Waals surface area contributed by atoms with Gasteiger partial charge in [-0.15, -0.1) is 0 Å². The standard InChI is InChI=1S/C20H27N5O3/c1-15-17(5-14-28-15)18(26)23-16-3-12-24(13-4-16)19(27)20(6-9-21-10-7-20)25-11-2-8-22-25/h2,5,8,11,14,16,21H,3-4,6-7,9-10,12-13H2,1H3,(H,23,26). The number of likely N-dealkylation sites (tertiary alicyclic amines) is 1. The molecule has 28 heavy (non-hydrogen) atoms. The highest BCUT2D eigenvalue weighted by atomic mass is 16.3. The van der Waals surface area contributed by atoms with E-state index in [1.807, 2.05) is 21.8 Å². The lowest BCUT2D eigenvalue weighted by atomic mass is 9.86. The van der Waals surface area contributed by atoms with Crippen molar-refractivity contribution in [2.45, 2.75) is 44.2 Å². The minimum Gasteiger partial charge on any atom is -0.469 e. The Morgan fingerprint density at radius 3 is 2.64 bits per heavy atom. The fraction of sp³-hybridized carbons (Fsp3) is 0.550. The molecule has 0 aromatic carbocycles. The molecule has 2 fully saturated rings. The van der Waals surface area contributed by atoms with E-state index in [1.54, 1.807) is 19.2 Å². The zero-order chi connectivity index (χ0) is 19.6. The van der Waals surface area contributed by atoms with E-state index in [9.17, 15) is 9.59 Å². The summed E-state index contributed by atoms with van der Waals surface area (Å²) in [6, 6.07) is 3.63. The van der Waals surface area contributed by atoms with Crippen LogP contribution in [-0.4, -0.2) is 58.7 Å². The highest BCUT2D eigenvalue weighted by Crippen LogP contribution is 2.30. The lowest BCUT2D eigenvalue weighted by Gasteiger charge is -2.42. The number of carbonyl (C=O) groups excluding carboxylic acids is 2. The van der Waals surface area contributed by atoms with Crippen molar-refractivity contribution >= 4 is 11.8 Å². The van der Waals surface area contributed by atoms with Crippen LogP contribution in [0.1, 0.15) is 41.8 Å². The molecule has 0 aliphatic carbocycles. The van der Waals surface area contributed by atoms with Gasteiger partial charge in [0, 0.05) is 31.5 Å². The number of nitrogens with one attached hydrogen (secondary N) is 2.